The van der Waals surface area contributed by atoms with E-state index in [1.165, 1.54) is 22.7 Å². The first kappa shape index (κ1) is 14.7. The van der Waals surface area contributed by atoms with Crippen molar-refractivity contribution < 1.29 is 4.79 Å². The molecule has 2 aromatic heterocycles. The number of thiazole rings is 2. The Kier molecular flexibility index (Phi) is 3.91. The summed E-state index contributed by atoms with van der Waals surface area (Å²) in [5.41, 5.74) is 8.88. The molecular weight excluding hydrogens is 316 g/mol. The molecule has 0 atom stereocenters. The highest BCUT2D eigenvalue weighted by Gasteiger charge is 2.15. The zero-order valence-corrected chi connectivity index (χ0v) is 13.7. The molecule has 2 heterocycles. The van der Waals surface area contributed by atoms with Gasteiger partial charge in [0.05, 0.1) is 16.3 Å². The van der Waals surface area contributed by atoms with Gasteiger partial charge in [-0.3, -0.25) is 10.1 Å². The lowest BCUT2D eigenvalue weighted by molar-refractivity contribution is 0.102. The van der Waals surface area contributed by atoms with Crippen LogP contribution in [0.2, 0.25) is 0 Å². The molecule has 0 aliphatic heterocycles. The third-order valence-corrected chi connectivity index (χ3v) is 4.93. The largest absolute Gasteiger partial charge is 0.375 e. The van der Waals surface area contributed by atoms with Crippen LogP contribution in [0.25, 0.3) is 10.6 Å². The molecule has 0 bridgehead atoms. The molecule has 0 aliphatic rings. The highest BCUT2D eigenvalue weighted by atomic mass is 32.1. The van der Waals surface area contributed by atoms with E-state index in [0.717, 1.165) is 21.8 Å². The van der Waals surface area contributed by atoms with E-state index in [0.29, 0.717) is 15.8 Å². The molecule has 0 spiro atoms. The highest BCUT2D eigenvalue weighted by Crippen LogP contribution is 2.34. The molecule has 0 saturated carbocycles. The van der Waals surface area contributed by atoms with Gasteiger partial charge in [-0.1, -0.05) is 29.5 Å². The van der Waals surface area contributed by atoms with Crippen LogP contribution in [0, 0.1) is 13.8 Å². The number of nitrogens with zero attached hydrogens (tertiary/aromatic N) is 2. The first-order chi connectivity index (χ1) is 10.5. The van der Waals surface area contributed by atoms with Crippen molar-refractivity contribution in [1.29, 1.82) is 0 Å². The molecule has 0 aliphatic carbocycles. The number of amides is 1. The van der Waals surface area contributed by atoms with Gasteiger partial charge in [-0.25, -0.2) is 9.97 Å². The summed E-state index contributed by atoms with van der Waals surface area (Å²) in [7, 11) is 0. The van der Waals surface area contributed by atoms with Crippen LogP contribution in [0.5, 0.6) is 0 Å². The quantitative estimate of drug-likeness (QED) is 0.767. The van der Waals surface area contributed by atoms with Gasteiger partial charge in [0.25, 0.3) is 5.91 Å². The normalized spacial score (nSPS) is 10.6. The van der Waals surface area contributed by atoms with Gasteiger partial charge in [-0.05, 0) is 25.5 Å². The molecule has 1 aromatic carbocycles. The average molecular weight is 330 g/mol. The zero-order valence-electron chi connectivity index (χ0n) is 12.1. The summed E-state index contributed by atoms with van der Waals surface area (Å²) < 4.78 is 0. The lowest BCUT2D eigenvalue weighted by Crippen LogP contribution is -2.12. The van der Waals surface area contributed by atoms with Crippen molar-refractivity contribution in [3.8, 4) is 10.6 Å². The number of nitrogens with one attached hydrogen (secondary N) is 1. The van der Waals surface area contributed by atoms with E-state index in [-0.39, 0.29) is 5.91 Å². The number of carbonyl (C=O) groups excluding carboxylic acids is 1. The van der Waals surface area contributed by atoms with Gasteiger partial charge in [0.1, 0.15) is 0 Å². The van der Waals surface area contributed by atoms with Gasteiger partial charge in [-0.15, -0.1) is 11.3 Å². The fourth-order valence-electron chi connectivity index (χ4n) is 2.07. The Labute approximate surface area is 135 Å². The van der Waals surface area contributed by atoms with Crippen LogP contribution in [-0.2, 0) is 0 Å². The molecule has 3 rings (SSSR count). The molecule has 1 amide bonds. The number of hydrogen-bond acceptors (Lipinski definition) is 6. The Hall–Kier alpha value is -2.25. The van der Waals surface area contributed by atoms with E-state index in [1.807, 2.05) is 37.4 Å². The number of hydrogen-bond donors (Lipinski definition) is 2. The van der Waals surface area contributed by atoms with Crippen LogP contribution in [0.1, 0.15) is 21.6 Å². The third-order valence-electron chi connectivity index (χ3n) is 3.16. The number of aromatic nitrogens is 2. The number of nitrogen functional groups attached to an aromatic ring is 1. The fraction of sp³-hybridized carbons (Fsp3) is 0.133. The van der Waals surface area contributed by atoms with Crippen molar-refractivity contribution in [2.45, 2.75) is 13.8 Å². The topological polar surface area (TPSA) is 80.9 Å². The van der Waals surface area contributed by atoms with Crippen molar-refractivity contribution in [2.24, 2.45) is 0 Å². The van der Waals surface area contributed by atoms with Gasteiger partial charge in [-0.2, -0.15) is 0 Å². The Morgan fingerprint density at radius 2 is 2.00 bits per heavy atom. The molecule has 0 saturated heterocycles. The number of aryl methyl sites for hydroxylation is 2. The van der Waals surface area contributed by atoms with Crippen LogP contribution in [0.4, 0.5) is 10.3 Å². The molecular formula is C15H14N4OS2. The van der Waals surface area contributed by atoms with Gasteiger partial charge in [0.2, 0.25) is 0 Å². The van der Waals surface area contributed by atoms with Crippen LogP contribution < -0.4 is 11.1 Å². The molecule has 7 heteroatoms. The minimum atomic E-state index is -0.156. The van der Waals surface area contributed by atoms with E-state index >= 15 is 0 Å². The third kappa shape index (κ3) is 2.86. The molecule has 112 valence electrons. The second-order valence-corrected chi connectivity index (χ2v) is 6.66. The Balaban J connectivity index is 1.85. The van der Waals surface area contributed by atoms with Crippen LogP contribution in [-0.4, -0.2) is 15.9 Å². The van der Waals surface area contributed by atoms with Crippen molar-refractivity contribution in [1.82, 2.24) is 9.97 Å². The first-order valence-electron chi connectivity index (χ1n) is 6.60. The SMILES string of the molecule is Cc1ccccc1C(=O)Nc1nc(C)c(-c2csc(N)n2)s1. The second kappa shape index (κ2) is 5.86. The number of nitrogens with two attached hydrogens (primary N) is 1. The number of carbonyl (C=O) groups is 1. The Bertz CT molecular complexity index is 838. The predicted octanol–water partition coefficient (Wildman–Crippen LogP) is 3.72. The van der Waals surface area contributed by atoms with E-state index < -0.39 is 0 Å². The minimum absolute atomic E-state index is 0.156. The number of anilines is 2. The fourth-order valence-corrected chi connectivity index (χ4v) is 3.62. The molecule has 22 heavy (non-hydrogen) atoms. The van der Waals surface area contributed by atoms with E-state index in [9.17, 15) is 4.79 Å². The molecule has 5 nitrogen and oxygen atoms in total. The number of rotatable bonds is 3. The van der Waals surface area contributed by atoms with Crippen molar-refractivity contribution in [2.75, 3.05) is 11.1 Å². The molecule has 0 fully saturated rings. The maximum atomic E-state index is 12.3. The van der Waals surface area contributed by atoms with Gasteiger partial charge in [0.15, 0.2) is 10.3 Å². The molecule has 0 radical (unpaired) electrons. The second-order valence-electron chi connectivity index (χ2n) is 4.77. The minimum Gasteiger partial charge on any atom is -0.375 e. The van der Waals surface area contributed by atoms with Crippen LogP contribution in [0.15, 0.2) is 29.6 Å². The smallest absolute Gasteiger partial charge is 0.257 e. The van der Waals surface area contributed by atoms with Gasteiger partial charge in [0, 0.05) is 10.9 Å². The number of benzene rings is 1. The predicted molar refractivity (Wildman–Crippen MR) is 91.5 cm³/mol. The van der Waals surface area contributed by atoms with Gasteiger partial charge >= 0.3 is 0 Å². The summed E-state index contributed by atoms with van der Waals surface area (Å²) in [6, 6.07) is 7.46. The first-order valence-corrected chi connectivity index (χ1v) is 8.30. The molecule has 3 N–H and O–H groups in total. The van der Waals surface area contributed by atoms with Crippen LogP contribution >= 0.6 is 22.7 Å². The monoisotopic (exact) mass is 330 g/mol. The summed E-state index contributed by atoms with van der Waals surface area (Å²) in [5.74, 6) is -0.156. The summed E-state index contributed by atoms with van der Waals surface area (Å²) in [5, 5.41) is 5.83. The maximum absolute atomic E-state index is 12.3. The lowest BCUT2D eigenvalue weighted by Gasteiger charge is -2.04. The summed E-state index contributed by atoms with van der Waals surface area (Å²) in [4.78, 5) is 21.9. The highest BCUT2D eigenvalue weighted by molar-refractivity contribution is 7.19. The molecule has 0 unspecified atom stereocenters. The Morgan fingerprint density at radius 3 is 2.68 bits per heavy atom. The van der Waals surface area contributed by atoms with Crippen molar-refractivity contribution in [3.05, 3.63) is 46.5 Å². The summed E-state index contributed by atoms with van der Waals surface area (Å²) >= 11 is 2.79. The van der Waals surface area contributed by atoms with E-state index in [1.54, 1.807) is 6.07 Å². The van der Waals surface area contributed by atoms with Crippen LogP contribution in [0.3, 0.4) is 0 Å². The summed E-state index contributed by atoms with van der Waals surface area (Å²) in [6.45, 7) is 3.80. The van der Waals surface area contributed by atoms with E-state index in [2.05, 4.69) is 15.3 Å². The standard InChI is InChI=1S/C15H14N4OS2/c1-8-5-3-4-6-10(8)13(20)19-15-17-9(2)12(22-15)11-7-21-14(16)18-11/h3-7H,1-2H3,(H2,16,18)(H,17,19,20). The molecule has 3 aromatic rings. The summed E-state index contributed by atoms with van der Waals surface area (Å²) in [6.07, 6.45) is 0. The maximum Gasteiger partial charge on any atom is 0.257 e. The lowest BCUT2D eigenvalue weighted by atomic mass is 10.1. The Morgan fingerprint density at radius 1 is 1.23 bits per heavy atom. The van der Waals surface area contributed by atoms with E-state index in [4.69, 9.17) is 5.73 Å². The van der Waals surface area contributed by atoms with Crippen molar-refractivity contribution >= 4 is 38.8 Å². The average Bonchev–Trinajstić information content (AvgIpc) is 3.05. The zero-order chi connectivity index (χ0) is 15.7. The van der Waals surface area contributed by atoms with Crippen molar-refractivity contribution in [3.63, 3.8) is 0 Å². The van der Waals surface area contributed by atoms with Gasteiger partial charge < -0.3 is 5.73 Å².